The first-order chi connectivity index (χ1) is 8.15. The molecule has 1 N–H and O–H groups in total. The van der Waals surface area contributed by atoms with E-state index in [9.17, 15) is 0 Å². The molecule has 1 fully saturated rings. The van der Waals surface area contributed by atoms with Crippen LogP contribution in [-0.2, 0) is 0 Å². The van der Waals surface area contributed by atoms with Gasteiger partial charge in [0.05, 0.1) is 0 Å². The van der Waals surface area contributed by atoms with Crippen LogP contribution in [0, 0.1) is 25.7 Å². The van der Waals surface area contributed by atoms with Crippen LogP contribution < -0.4 is 5.32 Å². The molecule has 17 heavy (non-hydrogen) atoms. The van der Waals surface area contributed by atoms with Crippen LogP contribution in [0.5, 0.6) is 0 Å². The lowest BCUT2D eigenvalue weighted by Gasteiger charge is -2.42. The van der Waals surface area contributed by atoms with Gasteiger partial charge in [-0.3, -0.25) is 0 Å². The quantitative estimate of drug-likeness (QED) is 0.805. The van der Waals surface area contributed by atoms with Gasteiger partial charge in [-0.1, -0.05) is 12.2 Å². The summed E-state index contributed by atoms with van der Waals surface area (Å²) in [6.45, 7) is 6.31. The molecule has 0 bridgehead atoms. The summed E-state index contributed by atoms with van der Waals surface area (Å²) in [6.07, 6.45) is 7.36. The van der Waals surface area contributed by atoms with Crippen molar-refractivity contribution < 1.29 is 4.42 Å². The lowest BCUT2D eigenvalue weighted by atomic mass is 9.71. The van der Waals surface area contributed by atoms with Crippen molar-refractivity contribution in [3.8, 4) is 0 Å². The van der Waals surface area contributed by atoms with Crippen LogP contribution in [-0.4, -0.2) is 6.04 Å². The molecule has 0 aliphatic heterocycles. The highest BCUT2D eigenvalue weighted by Crippen LogP contribution is 2.43. The summed E-state index contributed by atoms with van der Waals surface area (Å²) in [6, 6.07) is 3.23. The van der Waals surface area contributed by atoms with E-state index >= 15 is 0 Å². The van der Waals surface area contributed by atoms with Crippen LogP contribution in [0.2, 0.25) is 0 Å². The molecule has 0 saturated heterocycles. The molecule has 0 radical (unpaired) electrons. The van der Waals surface area contributed by atoms with E-state index in [1.807, 2.05) is 6.92 Å². The van der Waals surface area contributed by atoms with Crippen LogP contribution in [0.15, 0.2) is 22.6 Å². The normalized spacial score (nSPS) is 32.3. The van der Waals surface area contributed by atoms with Crippen molar-refractivity contribution in [1.29, 1.82) is 0 Å². The average molecular weight is 231 g/mol. The summed E-state index contributed by atoms with van der Waals surface area (Å²) < 4.78 is 5.60. The zero-order valence-electron chi connectivity index (χ0n) is 10.9. The van der Waals surface area contributed by atoms with Gasteiger partial charge in [0.1, 0.15) is 11.5 Å². The Morgan fingerprint density at radius 3 is 2.88 bits per heavy atom. The van der Waals surface area contributed by atoms with Gasteiger partial charge in [-0.05, 0) is 51.5 Å². The Morgan fingerprint density at radius 1 is 1.41 bits per heavy atom. The second-order valence-electron chi connectivity index (χ2n) is 5.60. The monoisotopic (exact) mass is 231 g/mol. The predicted octanol–water partition coefficient (Wildman–Crippen LogP) is 3.51. The first-order valence-corrected chi connectivity index (χ1v) is 6.65. The molecule has 4 unspecified atom stereocenters. The number of furan rings is 1. The highest BCUT2D eigenvalue weighted by atomic mass is 16.3. The van der Waals surface area contributed by atoms with E-state index in [0.29, 0.717) is 12.1 Å². The van der Waals surface area contributed by atoms with Crippen molar-refractivity contribution >= 4 is 0 Å². The second-order valence-corrected chi connectivity index (χ2v) is 5.60. The van der Waals surface area contributed by atoms with E-state index in [4.69, 9.17) is 4.42 Å². The number of fused-ring (bicyclic) bond motifs is 1. The third-order valence-corrected chi connectivity index (χ3v) is 4.37. The van der Waals surface area contributed by atoms with Gasteiger partial charge < -0.3 is 9.73 Å². The smallest absolute Gasteiger partial charge is 0.105 e. The van der Waals surface area contributed by atoms with Crippen molar-refractivity contribution in [2.24, 2.45) is 11.8 Å². The predicted molar refractivity (Wildman–Crippen MR) is 68.9 cm³/mol. The number of hydrogen-bond acceptors (Lipinski definition) is 2. The topological polar surface area (TPSA) is 25.2 Å². The van der Waals surface area contributed by atoms with Crippen LogP contribution in [0.3, 0.4) is 0 Å². The molecule has 2 aliphatic rings. The Morgan fingerprint density at radius 2 is 2.24 bits per heavy atom. The van der Waals surface area contributed by atoms with E-state index in [-0.39, 0.29) is 0 Å². The fourth-order valence-corrected chi connectivity index (χ4v) is 3.40. The van der Waals surface area contributed by atoms with E-state index in [2.05, 4.69) is 37.4 Å². The van der Waals surface area contributed by atoms with Gasteiger partial charge >= 0.3 is 0 Å². The molecule has 2 aliphatic carbocycles. The van der Waals surface area contributed by atoms with Crippen LogP contribution in [0.4, 0.5) is 0 Å². The fraction of sp³-hybridized carbons (Fsp3) is 0.600. The van der Waals surface area contributed by atoms with E-state index in [1.165, 1.54) is 18.4 Å². The van der Waals surface area contributed by atoms with Crippen LogP contribution in [0.25, 0.3) is 0 Å². The summed E-state index contributed by atoms with van der Waals surface area (Å²) in [4.78, 5) is 0. The highest BCUT2D eigenvalue weighted by molar-refractivity contribution is 5.24. The van der Waals surface area contributed by atoms with Crippen LogP contribution in [0.1, 0.15) is 42.9 Å². The minimum absolute atomic E-state index is 0.396. The molecule has 92 valence electrons. The van der Waals surface area contributed by atoms with Crippen LogP contribution >= 0.6 is 0 Å². The van der Waals surface area contributed by atoms with E-state index in [0.717, 1.165) is 23.4 Å². The van der Waals surface area contributed by atoms with E-state index < -0.39 is 0 Å². The van der Waals surface area contributed by atoms with Crippen molar-refractivity contribution in [1.82, 2.24) is 5.32 Å². The molecule has 1 saturated carbocycles. The Hall–Kier alpha value is -1.02. The average Bonchev–Trinajstić information content (AvgIpc) is 2.78. The van der Waals surface area contributed by atoms with Gasteiger partial charge in [0.25, 0.3) is 0 Å². The number of hydrogen-bond donors (Lipinski definition) is 1. The molecule has 0 aromatic carbocycles. The fourth-order valence-electron chi connectivity index (χ4n) is 3.40. The Labute approximate surface area is 103 Å². The van der Waals surface area contributed by atoms with Gasteiger partial charge in [-0.25, -0.2) is 0 Å². The van der Waals surface area contributed by atoms with Crippen molar-refractivity contribution in [3.63, 3.8) is 0 Å². The molecule has 2 nitrogen and oxygen atoms in total. The summed E-state index contributed by atoms with van der Waals surface area (Å²) in [7, 11) is 0. The Bertz CT molecular complexity index is 446. The molecule has 4 atom stereocenters. The summed E-state index contributed by atoms with van der Waals surface area (Å²) in [5.74, 6) is 3.77. The number of nitrogens with one attached hydrogen (secondary N) is 1. The minimum atomic E-state index is 0.396. The molecule has 0 spiro atoms. The summed E-state index contributed by atoms with van der Waals surface area (Å²) in [5.41, 5.74) is 1.31. The Balaban J connectivity index is 1.66. The lowest BCUT2D eigenvalue weighted by molar-refractivity contribution is 0.152. The third-order valence-electron chi connectivity index (χ3n) is 4.37. The van der Waals surface area contributed by atoms with Gasteiger partial charge in [-0.15, -0.1) is 0 Å². The zero-order chi connectivity index (χ0) is 12.0. The Kier molecular flexibility index (Phi) is 2.62. The maximum absolute atomic E-state index is 5.60. The second kappa shape index (κ2) is 4.02. The molecular formula is C15H21NO. The van der Waals surface area contributed by atoms with Crippen molar-refractivity contribution in [2.75, 3.05) is 0 Å². The third kappa shape index (κ3) is 1.85. The molecule has 2 heteroatoms. The van der Waals surface area contributed by atoms with Gasteiger partial charge in [-0.2, -0.15) is 0 Å². The highest BCUT2D eigenvalue weighted by Gasteiger charge is 2.41. The molecule has 1 aromatic heterocycles. The number of rotatable bonds is 3. The maximum Gasteiger partial charge on any atom is 0.105 e. The number of allylic oxidation sites excluding steroid dienone is 1. The first-order valence-electron chi connectivity index (χ1n) is 6.65. The molecule has 1 aromatic rings. The lowest BCUT2D eigenvalue weighted by Crippen LogP contribution is -2.48. The first kappa shape index (κ1) is 11.1. The standard InChI is InChI=1S/C15H21NO/c1-9-7-14(11(3)17-9)10(2)16-15-8-12-5-4-6-13(12)15/h4,6-7,10,12-13,15-16H,5,8H2,1-3H3. The SMILES string of the molecule is Cc1cc(C(C)NC2CC3CC=CC32)c(C)o1. The number of aryl methyl sites for hydroxylation is 2. The van der Waals surface area contributed by atoms with Gasteiger partial charge in [0.15, 0.2) is 0 Å². The van der Waals surface area contributed by atoms with Crippen molar-refractivity contribution in [3.05, 3.63) is 35.3 Å². The molecule has 1 heterocycles. The van der Waals surface area contributed by atoms with Gasteiger partial charge in [0, 0.05) is 17.6 Å². The molecule has 0 amide bonds. The summed E-state index contributed by atoms with van der Waals surface area (Å²) in [5, 5.41) is 3.75. The minimum Gasteiger partial charge on any atom is -0.466 e. The van der Waals surface area contributed by atoms with Gasteiger partial charge in [0.2, 0.25) is 0 Å². The maximum atomic E-state index is 5.60. The molecule has 3 rings (SSSR count). The summed E-state index contributed by atoms with van der Waals surface area (Å²) >= 11 is 0. The zero-order valence-corrected chi connectivity index (χ0v) is 10.9. The van der Waals surface area contributed by atoms with Crippen molar-refractivity contribution in [2.45, 2.75) is 45.7 Å². The molecular weight excluding hydrogens is 210 g/mol. The largest absolute Gasteiger partial charge is 0.466 e. The van der Waals surface area contributed by atoms with E-state index in [1.54, 1.807) is 0 Å².